The van der Waals surface area contributed by atoms with Gasteiger partial charge in [0, 0.05) is 30.5 Å². The smallest absolute Gasteiger partial charge is 0.261 e. The molecule has 0 spiro atoms. The molecule has 0 aromatic carbocycles. The van der Waals surface area contributed by atoms with E-state index in [-0.39, 0.29) is 11.9 Å². The largest absolute Gasteiger partial charge is 0.472 e. The number of hydrogen-bond donors (Lipinski definition) is 0. The minimum atomic E-state index is 0.00385. The number of carbonyl (C=O) groups is 1. The number of amides is 1. The summed E-state index contributed by atoms with van der Waals surface area (Å²) in [6, 6.07) is 1.79. The monoisotopic (exact) mass is 393 g/mol. The number of furan rings is 1. The molecule has 0 aliphatic carbocycles. The highest BCUT2D eigenvalue weighted by atomic mass is 16.5. The molecule has 5 heterocycles. The van der Waals surface area contributed by atoms with Gasteiger partial charge in [-0.1, -0.05) is 5.16 Å². The van der Waals surface area contributed by atoms with E-state index in [4.69, 9.17) is 8.94 Å². The zero-order valence-electron chi connectivity index (χ0n) is 16.6. The molecular formula is C21H23N5O3. The fourth-order valence-corrected chi connectivity index (χ4v) is 4.40. The summed E-state index contributed by atoms with van der Waals surface area (Å²) in [6.45, 7) is 4.21. The van der Waals surface area contributed by atoms with Gasteiger partial charge in [-0.2, -0.15) is 4.98 Å². The molecule has 0 saturated carbocycles. The van der Waals surface area contributed by atoms with Crippen LogP contribution in [0.1, 0.15) is 29.7 Å². The number of pyridine rings is 1. The summed E-state index contributed by atoms with van der Waals surface area (Å²) >= 11 is 0. The van der Waals surface area contributed by atoms with Gasteiger partial charge in [0.15, 0.2) is 0 Å². The van der Waals surface area contributed by atoms with Crippen LogP contribution >= 0.6 is 0 Å². The number of rotatable bonds is 3. The Bertz CT molecular complexity index is 1040. The summed E-state index contributed by atoms with van der Waals surface area (Å²) in [5, 5.41) is 4.18. The van der Waals surface area contributed by atoms with Crippen molar-refractivity contribution >= 4 is 5.91 Å². The number of carbonyl (C=O) groups excluding carboxylic acids is 1. The van der Waals surface area contributed by atoms with E-state index >= 15 is 0 Å². The Morgan fingerprint density at radius 3 is 2.97 bits per heavy atom. The minimum Gasteiger partial charge on any atom is -0.472 e. The molecule has 3 aromatic rings. The number of nitrogens with zero attached hydrogens (tertiary/aromatic N) is 5. The Labute approximate surface area is 168 Å². The summed E-state index contributed by atoms with van der Waals surface area (Å²) < 4.78 is 10.5. The Morgan fingerprint density at radius 1 is 1.31 bits per heavy atom. The first-order valence-electron chi connectivity index (χ1n) is 9.95. The van der Waals surface area contributed by atoms with Gasteiger partial charge >= 0.3 is 0 Å². The second-order valence-electron chi connectivity index (χ2n) is 7.81. The lowest BCUT2D eigenvalue weighted by Gasteiger charge is -2.33. The number of likely N-dealkylation sites (N-methyl/N-ethyl adjacent to an activating group) is 1. The van der Waals surface area contributed by atoms with Crippen molar-refractivity contribution < 1.29 is 13.7 Å². The van der Waals surface area contributed by atoms with E-state index < -0.39 is 0 Å². The molecule has 3 aromatic heterocycles. The molecule has 150 valence electrons. The molecule has 2 aliphatic rings. The first-order valence-corrected chi connectivity index (χ1v) is 9.95. The Balaban J connectivity index is 1.44. The SMILES string of the molecule is Cc1ncc2c(c1-c1noc(-c3ccoc3)n1)CCN(C(=O)[C@@H]1CCCN1C)C2. The molecule has 0 unspecified atom stereocenters. The average Bonchev–Trinajstić information content (AvgIpc) is 3.48. The minimum absolute atomic E-state index is 0.00385. The van der Waals surface area contributed by atoms with Gasteiger partial charge in [-0.05, 0) is 57.0 Å². The van der Waals surface area contributed by atoms with Crippen molar-refractivity contribution in [2.24, 2.45) is 0 Å². The molecule has 1 atom stereocenters. The van der Waals surface area contributed by atoms with Gasteiger partial charge in [0.25, 0.3) is 5.89 Å². The maximum Gasteiger partial charge on any atom is 0.261 e. The molecule has 29 heavy (non-hydrogen) atoms. The van der Waals surface area contributed by atoms with Gasteiger partial charge in [-0.25, -0.2) is 0 Å². The van der Waals surface area contributed by atoms with Crippen LogP contribution in [-0.4, -0.2) is 57.0 Å². The van der Waals surface area contributed by atoms with Gasteiger partial charge in [0.05, 0.1) is 17.9 Å². The van der Waals surface area contributed by atoms with Crippen LogP contribution in [0.25, 0.3) is 22.8 Å². The third kappa shape index (κ3) is 3.13. The van der Waals surface area contributed by atoms with E-state index in [0.29, 0.717) is 24.8 Å². The van der Waals surface area contributed by atoms with Crippen molar-refractivity contribution in [2.45, 2.75) is 38.8 Å². The third-order valence-corrected chi connectivity index (χ3v) is 5.99. The predicted molar refractivity (Wildman–Crippen MR) is 105 cm³/mol. The molecule has 8 nitrogen and oxygen atoms in total. The van der Waals surface area contributed by atoms with Crippen molar-refractivity contribution in [1.82, 2.24) is 24.9 Å². The molecule has 1 fully saturated rings. The number of hydrogen-bond acceptors (Lipinski definition) is 7. The van der Waals surface area contributed by atoms with Crippen LogP contribution in [0, 0.1) is 6.92 Å². The quantitative estimate of drug-likeness (QED) is 0.676. The Kier molecular flexibility index (Phi) is 4.43. The lowest BCUT2D eigenvalue weighted by atomic mass is 9.94. The first-order chi connectivity index (χ1) is 14.1. The molecule has 8 heteroatoms. The average molecular weight is 393 g/mol. The highest BCUT2D eigenvalue weighted by Crippen LogP contribution is 2.32. The van der Waals surface area contributed by atoms with Gasteiger partial charge in [0.1, 0.15) is 6.26 Å². The highest BCUT2D eigenvalue weighted by molar-refractivity contribution is 5.82. The fourth-order valence-electron chi connectivity index (χ4n) is 4.40. The Hall–Kier alpha value is -3.00. The Morgan fingerprint density at radius 2 is 2.21 bits per heavy atom. The summed E-state index contributed by atoms with van der Waals surface area (Å²) in [6.07, 6.45) is 7.81. The molecule has 1 amide bonds. The number of likely N-dealkylation sites (tertiary alicyclic amines) is 1. The van der Waals surface area contributed by atoms with E-state index in [1.807, 2.05) is 25.1 Å². The van der Waals surface area contributed by atoms with Gasteiger partial charge in [-0.15, -0.1) is 0 Å². The highest BCUT2D eigenvalue weighted by Gasteiger charge is 2.34. The van der Waals surface area contributed by atoms with E-state index in [1.54, 1.807) is 18.6 Å². The summed E-state index contributed by atoms with van der Waals surface area (Å²) in [5.74, 6) is 1.17. The molecule has 2 aliphatic heterocycles. The third-order valence-electron chi connectivity index (χ3n) is 5.99. The van der Waals surface area contributed by atoms with Crippen LogP contribution in [-0.2, 0) is 17.8 Å². The number of aryl methyl sites for hydroxylation is 1. The van der Waals surface area contributed by atoms with Crippen LogP contribution in [0.2, 0.25) is 0 Å². The van der Waals surface area contributed by atoms with Gasteiger partial charge in [0.2, 0.25) is 11.7 Å². The summed E-state index contributed by atoms with van der Waals surface area (Å²) in [7, 11) is 2.03. The van der Waals surface area contributed by atoms with Gasteiger partial charge < -0.3 is 13.8 Å². The fraction of sp³-hybridized carbons (Fsp3) is 0.429. The summed E-state index contributed by atoms with van der Waals surface area (Å²) in [4.78, 5) is 26.2. The van der Waals surface area contributed by atoms with Crippen LogP contribution in [0.4, 0.5) is 0 Å². The topological polar surface area (TPSA) is 88.5 Å². The second kappa shape index (κ2) is 7.11. The molecular weight excluding hydrogens is 370 g/mol. The first kappa shape index (κ1) is 18.1. The van der Waals surface area contributed by atoms with Crippen LogP contribution < -0.4 is 0 Å². The van der Waals surface area contributed by atoms with Crippen molar-refractivity contribution in [2.75, 3.05) is 20.1 Å². The molecule has 0 radical (unpaired) electrons. The molecule has 1 saturated heterocycles. The zero-order valence-corrected chi connectivity index (χ0v) is 16.6. The molecule has 0 N–H and O–H groups in total. The molecule has 0 bridgehead atoms. The van der Waals surface area contributed by atoms with E-state index in [1.165, 1.54) is 0 Å². The predicted octanol–water partition coefficient (Wildman–Crippen LogP) is 2.68. The van der Waals surface area contributed by atoms with Crippen molar-refractivity contribution in [3.8, 4) is 22.8 Å². The van der Waals surface area contributed by atoms with Crippen LogP contribution in [0.15, 0.2) is 33.7 Å². The standard InChI is InChI=1S/C21H23N5O3/c1-13-18(19-23-20(29-24-19)14-6-9-28-12-14)16-5-8-26(11-15(16)10-22-13)21(27)17-4-3-7-25(17)2/h6,9-10,12,17H,3-5,7-8,11H2,1-2H3/t17-/m0/s1. The number of aromatic nitrogens is 3. The lowest BCUT2D eigenvalue weighted by molar-refractivity contribution is -0.136. The molecule has 5 rings (SSSR count). The lowest BCUT2D eigenvalue weighted by Crippen LogP contribution is -2.46. The second-order valence-corrected chi connectivity index (χ2v) is 7.81. The van der Waals surface area contributed by atoms with Gasteiger partial charge in [-0.3, -0.25) is 14.7 Å². The number of fused-ring (bicyclic) bond motifs is 1. The van der Waals surface area contributed by atoms with E-state index in [9.17, 15) is 4.79 Å². The van der Waals surface area contributed by atoms with Crippen LogP contribution in [0.3, 0.4) is 0 Å². The van der Waals surface area contributed by atoms with Crippen LogP contribution in [0.5, 0.6) is 0 Å². The maximum atomic E-state index is 13.0. The van der Waals surface area contributed by atoms with Crippen molar-refractivity contribution in [3.05, 3.63) is 41.6 Å². The van der Waals surface area contributed by atoms with E-state index in [2.05, 4.69) is 20.0 Å². The van der Waals surface area contributed by atoms with Crippen molar-refractivity contribution in [3.63, 3.8) is 0 Å². The van der Waals surface area contributed by atoms with Crippen molar-refractivity contribution in [1.29, 1.82) is 0 Å². The van der Waals surface area contributed by atoms with E-state index in [0.717, 1.165) is 53.8 Å². The normalized spacial score (nSPS) is 19.5. The zero-order chi connectivity index (χ0) is 20.0. The summed E-state index contributed by atoms with van der Waals surface area (Å²) in [5.41, 5.74) is 4.72. The maximum absolute atomic E-state index is 13.0.